The summed E-state index contributed by atoms with van der Waals surface area (Å²) in [6.07, 6.45) is 4.60. The van der Waals surface area contributed by atoms with Crippen LogP contribution in [-0.2, 0) is 14.2 Å². The number of carbonyl (C=O) groups is 1. The Balaban J connectivity index is 1.64. The van der Waals surface area contributed by atoms with Crippen molar-refractivity contribution in [2.45, 2.75) is 71.5 Å². The van der Waals surface area contributed by atoms with Crippen molar-refractivity contribution in [1.82, 2.24) is 4.90 Å². The van der Waals surface area contributed by atoms with Gasteiger partial charge in [-0.2, -0.15) is 0 Å². The van der Waals surface area contributed by atoms with Crippen molar-refractivity contribution >= 4 is 18.5 Å². The molecule has 0 aromatic carbocycles. The Hall–Kier alpha value is -1.73. The first kappa shape index (κ1) is 22.0. The van der Waals surface area contributed by atoms with E-state index in [0.717, 1.165) is 56.7 Å². The summed E-state index contributed by atoms with van der Waals surface area (Å²) in [5.74, 6) is 0.509. The van der Waals surface area contributed by atoms with Gasteiger partial charge in [0.2, 0.25) is 5.70 Å². The van der Waals surface area contributed by atoms with E-state index in [0.29, 0.717) is 25.6 Å². The predicted molar refractivity (Wildman–Crippen MR) is 112 cm³/mol. The molecule has 0 aromatic rings. The minimum absolute atomic E-state index is 0.00712. The van der Waals surface area contributed by atoms with E-state index in [1.807, 2.05) is 20.8 Å². The molecule has 2 fully saturated rings. The zero-order chi connectivity index (χ0) is 21.0. The summed E-state index contributed by atoms with van der Waals surface area (Å²) >= 11 is 0. The molecule has 29 heavy (non-hydrogen) atoms. The fourth-order valence-corrected chi connectivity index (χ4v) is 4.15. The van der Waals surface area contributed by atoms with Crippen LogP contribution < -0.4 is 0 Å². The Labute approximate surface area is 174 Å². The topological polar surface area (TPSA) is 63.4 Å². The molecule has 1 amide bonds. The van der Waals surface area contributed by atoms with Gasteiger partial charge in [-0.1, -0.05) is 4.68 Å². The second-order valence-electron chi connectivity index (χ2n) is 9.24. The van der Waals surface area contributed by atoms with Crippen molar-refractivity contribution in [2.75, 3.05) is 32.9 Å². The van der Waals surface area contributed by atoms with Crippen LogP contribution in [0.3, 0.4) is 0 Å². The zero-order valence-corrected chi connectivity index (χ0v) is 18.4. The molecule has 7 heteroatoms. The normalized spacial score (nSPS) is 24.6. The smallest absolute Gasteiger partial charge is 0.410 e. The number of rotatable bonds is 4. The standard InChI is InChI=1S/C22H36N3O4/c1-16-6-7-19(17-9-12-27-13-10-17)20(24(5)23-16)15-28-18-8-11-25(14-18)21(26)29-22(2,3)4/h17-18H,5-15H2,1-4H3/q+1. The number of likely N-dealkylation sites (tertiary alicyclic amines) is 1. The summed E-state index contributed by atoms with van der Waals surface area (Å²) < 4.78 is 19.0. The Morgan fingerprint density at radius 3 is 2.69 bits per heavy atom. The zero-order valence-electron chi connectivity index (χ0n) is 18.4. The van der Waals surface area contributed by atoms with Gasteiger partial charge in [-0.3, -0.25) is 0 Å². The van der Waals surface area contributed by atoms with Gasteiger partial charge in [0.1, 0.15) is 12.2 Å². The van der Waals surface area contributed by atoms with Gasteiger partial charge in [-0.15, -0.1) is 0 Å². The van der Waals surface area contributed by atoms with Crippen molar-refractivity contribution in [3.8, 4) is 0 Å². The monoisotopic (exact) mass is 406 g/mol. The Kier molecular flexibility index (Phi) is 7.11. The summed E-state index contributed by atoms with van der Waals surface area (Å²) in [5.41, 5.74) is 3.09. The van der Waals surface area contributed by atoms with E-state index in [-0.39, 0.29) is 12.2 Å². The summed E-state index contributed by atoms with van der Waals surface area (Å²) in [6.45, 7) is 15.2. The molecular weight excluding hydrogens is 370 g/mol. The van der Waals surface area contributed by atoms with Crippen molar-refractivity contribution < 1.29 is 23.7 Å². The lowest BCUT2D eigenvalue weighted by atomic mass is 9.87. The van der Waals surface area contributed by atoms with Gasteiger partial charge in [0.25, 0.3) is 0 Å². The molecule has 3 aliphatic rings. The van der Waals surface area contributed by atoms with Gasteiger partial charge < -0.3 is 19.1 Å². The highest BCUT2D eigenvalue weighted by Gasteiger charge is 2.33. The van der Waals surface area contributed by atoms with Crippen LogP contribution in [-0.4, -0.2) is 72.7 Å². The molecule has 7 nitrogen and oxygen atoms in total. The van der Waals surface area contributed by atoms with Crippen molar-refractivity contribution in [3.05, 3.63) is 11.3 Å². The van der Waals surface area contributed by atoms with Gasteiger partial charge in [-0.25, -0.2) is 4.79 Å². The van der Waals surface area contributed by atoms with Crippen molar-refractivity contribution in [2.24, 2.45) is 11.0 Å². The van der Waals surface area contributed by atoms with E-state index < -0.39 is 5.60 Å². The molecule has 0 N–H and O–H groups in total. The molecule has 3 aliphatic heterocycles. The maximum atomic E-state index is 12.3. The van der Waals surface area contributed by atoms with Crippen LogP contribution in [0, 0.1) is 5.92 Å². The van der Waals surface area contributed by atoms with Gasteiger partial charge in [0.05, 0.1) is 18.4 Å². The third-order valence-corrected chi connectivity index (χ3v) is 5.70. The summed E-state index contributed by atoms with van der Waals surface area (Å²) in [6, 6.07) is 0. The molecule has 3 heterocycles. The SMILES string of the molecule is C=[N+]1N=C(C)CCC(C2CCOCC2)=C1COC1CCN(C(=O)OC(C)(C)C)C1. The average molecular weight is 407 g/mol. The quantitative estimate of drug-likeness (QED) is 0.670. The van der Waals surface area contributed by atoms with Crippen LogP contribution in [0.1, 0.15) is 59.8 Å². The van der Waals surface area contributed by atoms with E-state index >= 15 is 0 Å². The number of nitrogens with zero attached hydrogens (tertiary/aromatic N) is 3. The minimum Gasteiger partial charge on any atom is -0.444 e. The molecule has 1 unspecified atom stereocenters. The third kappa shape index (κ3) is 6.12. The second kappa shape index (κ2) is 9.39. The molecule has 0 aromatic heterocycles. The Bertz CT molecular complexity index is 687. The fourth-order valence-electron chi connectivity index (χ4n) is 4.15. The van der Waals surface area contributed by atoms with E-state index in [1.54, 1.807) is 9.58 Å². The molecule has 0 radical (unpaired) electrons. The highest BCUT2D eigenvalue weighted by atomic mass is 16.6. The molecule has 0 aliphatic carbocycles. The molecule has 2 saturated heterocycles. The number of carbonyl (C=O) groups excluding carboxylic acids is 1. The first-order chi connectivity index (χ1) is 13.7. The van der Waals surface area contributed by atoms with E-state index in [2.05, 4.69) is 18.7 Å². The number of ether oxygens (including phenoxy) is 3. The molecule has 0 bridgehead atoms. The van der Waals surface area contributed by atoms with Crippen molar-refractivity contribution in [1.29, 1.82) is 0 Å². The average Bonchev–Trinajstić information content (AvgIpc) is 3.07. The lowest BCUT2D eigenvalue weighted by Crippen LogP contribution is -2.36. The number of hydrogen-bond acceptors (Lipinski definition) is 5. The van der Waals surface area contributed by atoms with Crippen LogP contribution in [0.25, 0.3) is 0 Å². The molecule has 0 saturated carbocycles. The summed E-state index contributed by atoms with van der Waals surface area (Å²) in [5, 5.41) is 4.62. The van der Waals surface area contributed by atoms with Crippen molar-refractivity contribution in [3.63, 3.8) is 0 Å². The predicted octanol–water partition coefficient (Wildman–Crippen LogP) is 3.58. The summed E-state index contributed by atoms with van der Waals surface area (Å²) in [4.78, 5) is 14.0. The van der Waals surface area contributed by atoms with Gasteiger partial charge in [-0.05, 0) is 70.8 Å². The van der Waals surface area contributed by atoms with Crippen LogP contribution in [0.2, 0.25) is 0 Å². The lowest BCUT2D eigenvalue weighted by Gasteiger charge is -2.25. The van der Waals surface area contributed by atoms with Gasteiger partial charge >= 0.3 is 6.09 Å². The highest BCUT2D eigenvalue weighted by molar-refractivity contribution is 5.81. The Morgan fingerprint density at radius 2 is 2.00 bits per heavy atom. The molecule has 0 spiro atoms. The number of allylic oxidation sites excluding steroid dienone is 1. The summed E-state index contributed by atoms with van der Waals surface area (Å²) in [7, 11) is 0. The van der Waals surface area contributed by atoms with Crippen LogP contribution >= 0.6 is 0 Å². The van der Waals surface area contributed by atoms with Crippen LogP contribution in [0.5, 0.6) is 0 Å². The molecular formula is C22H36N3O4+. The minimum atomic E-state index is -0.482. The third-order valence-electron chi connectivity index (χ3n) is 5.70. The van der Waals surface area contributed by atoms with Gasteiger partial charge in [0.15, 0.2) is 6.72 Å². The van der Waals surface area contributed by atoms with E-state index in [9.17, 15) is 4.79 Å². The number of hydrogen-bond donors (Lipinski definition) is 0. The molecule has 3 rings (SSSR count). The maximum Gasteiger partial charge on any atom is 0.410 e. The second-order valence-corrected chi connectivity index (χ2v) is 9.24. The Morgan fingerprint density at radius 1 is 1.28 bits per heavy atom. The first-order valence-electron chi connectivity index (χ1n) is 10.8. The number of amides is 1. The molecule has 1 atom stereocenters. The number of hydrazone groups is 1. The van der Waals surface area contributed by atoms with Gasteiger partial charge in [0, 0.05) is 25.3 Å². The highest BCUT2D eigenvalue weighted by Crippen LogP contribution is 2.32. The lowest BCUT2D eigenvalue weighted by molar-refractivity contribution is -0.479. The van der Waals surface area contributed by atoms with Crippen LogP contribution in [0.15, 0.2) is 16.4 Å². The molecule has 162 valence electrons. The van der Waals surface area contributed by atoms with Crippen LogP contribution in [0.4, 0.5) is 4.79 Å². The van der Waals surface area contributed by atoms with E-state index in [1.165, 1.54) is 5.57 Å². The van der Waals surface area contributed by atoms with E-state index in [4.69, 9.17) is 14.2 Å². The largest absolute Gasteiger partial charge is 0.444 e. The fraction of sp³-hybridized carbons (Fsp3) is 0.773. The first-order valence-corrected chi connectivity index (χ1v) is 10.8. The maximum absolute atomic E-state index is 12.3.